The Hall–Kier alpha value is -0.170. The van der Waals surface area contributed by atoms with Crippen molar-refractivity contribution in [2.75, 3.05) is 20.1 Å². The fourth-order valence-electron chi connectivity index (χ4n) is 0.701. The number of likely N-dealkylation sites (N-methyl/N-ethyl adjacent to an activating group) is 1. The molecule has 0 spiro atoms. The maximum atomic E-state index is 10.9. The lowest BCUT2D eigenvalue weighted by Gasteiger charge is -2.25. The molecule has 1 saturated heterocycles. The molecule has 4 nitrogen and oxygen atoms in total. The van der Waals surface area contributed by atoms with E-state index in [0.29, 0.717) is 13.1 Å². The average molecular weight is 254 g/mol. The van der Waals surface area contributed by atoms with E-state index in [1.165, 1.54) is 7.05 Å². The van der Waals surface area contributed by atoms with Crippen LogP contribution in [0.2, 0.25) is 0 Å². The van der Waals surface area contributed by atoms with Crippen molar-refractivity contribution in [3.63, 3.8) is 0 Å². The quantitative estimate of drug-likeness (QED) is 0.336. The number of imide groups is 1. The van der Waals surface area contributed by atoms with Gasteiger partial charge in [0.15, 0.2) is 0 Å². The molecule has 1 fully saturated rings. The van der Waals surface area contributed by atoms with Gasteiger partial charge in [-0.15, -0.1) is 0 Å². The average Bonchev–Trinajstić information content (AvgIpc) is 1.82. The van der Waals surface area contributed by atoms with Gasteiger partial charge in [0.1, 0.15) is 0 Å². The van der Waals surface area contributed by atoms with Crippen LogP contribution in [0.3, 0.4) is 0 Å². The molecule has 0 aromatic heterocycles. The van der Waals surface area contributed by atoms with Gasteiger partial charge in [-0.2, -0.15) is 0 Å². The Morgan fingerprint density at radius 1 is 1.30 bits per heavy atom. The van der Waals surface area contributed by atoms with E-state index in [9.17, 15) is 9.59 Å². The summed E-state index contributed by atoms with van der Waals surface area (Å²) < 4.78 is 1.67. The number of hydrogen-bond acceptors (Lipinski definition) is 3. The third-order valence-corrected chi connectivity index (χ3v) is 2.04. The van der Waals surface area contributed by atoms with E-state index in [-0.39, 0.29) is 11.8 Å². The Bertz CT molecular complexity index is 164. The van der Waals surface area contributed by atoms with Gasteiger partial charge in [0.05, 0.1) is 13.1 Å². The summed E-state index contributed by atoms with van der Waals surface area (Å²) in [5.41, 5.74) is 0. The second-order valence-corrected chi connectivity index (χ2v) is 3.49. The zero-order valence-corrected chi connectivity index (χ0v) is 7.66. The Morgan fingerprint density at radius 2 is 1.70 bits per heavy atom. The number of piperazine rings is 1. The number of halogens is 1. The van der Waals surface area contributed by atoms with Gasteiger partial charge in [-0.3, -0.25) is 14.5 Å². The van der Waals surface area contributed by atoms with E-state index < -0.39 is 0 Å². The number of nitrogens with zero attached hydrogens (tertiary/aromatic N) is 2. The van der Waals surface area contributed by atoms with Crippen molar-refractivity contribution in [1.82, 2.24) is 8.01 Å². The molecule has 0 radical (unpaired) electrons. The Balaban J connectivity index is 2.66. The summed E-state index contributed by atoms with van der Waals surface area (Å²) >= 11 is 1.96. The van der Waals surface area contributed by atoms with E-state index in [0.717, 1.165) is 4.90 Å². The molecule has 0 N–H and O–H groups in total. The number of carbonyl (C=O) groups excluding carboxylic acids is 2. The lowest BCUT2D eigenvalue weighted by atomic mass is 10.4. The maximum absolute atomic E-state index is 10.9. The number of amides is 2. The van der Waals surface area contributed by atoms with Gasteiger partial charge in [-0.1, -0.05) is 0 Å². The van der Waals surface area contributed by atoms with Gasteiger partial charge in [0.2, 0.25) is 11.8 Å². The van der Waals surface area contributed by atoms with Crippen molar-refractivity contribution < 1.29 is 9.59 Å². The second-order valence-electron chi connectivity index (χ2n) is 2.13. The molecule has 1 aliphatic heterocycles. The van der Waals surface area contributed by atoms with E-state index in [4.69, 9.17) is 0 Å². The fourth-order valence-corrected chi connectivity index (χ4v) is 1.28. The molecule has 2 amide bonds. The molecule has 5 heteroatoms. The van der Waals surface area contributed by atoms with Crippen LogP contribution in [-0.4, -0.2) is 40.0 Å². The molecular formula is C5H7IN2O2. The normalized spacial score (nSPS) is 22.0. The predicted octanol–water partition coefficient (Wildman–Crippen LogP) is -0.363. The molecule has 0 saturated carbocycles. The van der Waals surface area contributed by atoms with E-state index in [2.05, 4.69) is 0 Å². The number of rotatable bonds is 0. The highest BCUT2D eigenvalue weighted by Crippen LogP contribution is 2.06. The molecule has 0 aliphatic carbocycles. The van der Waals surface area contributed by atoms with Gasteiger partial charge in [-0.05, 0) is 0 Å². The van der Waals surface area contributed by atoms with Crippen molar-refractivity contribution in [3.05, 3.63) is 0 Å². The first-order valence-electron chi connectivity index (χ1n) is 2.81. The van der Waals surface area contributed by atoms with Gasteiger partial charge in [0, 0.05) is 29.9 Å². The Labute approximate surface area is 72.7 Å². The van der Waals surface area contributed by atoms with Crippen LogP contribution in [0.5, 0.6) is 0 Å². The number of carbonyl (C=O) groups is 2. The second kappa shape index (κ2) is 2.83. The van der Waals surface area contributed by atoms with Crippen molar-refractivity contribution in [3.8, 4) is 0 Å². The van der Waals surface area contributed by atoms with Crippen LogP contribution < -0.4 is 0 Å². The van der Waals surface area contributed by atoms with Crippen molar-refractivity contribution in [2.45, 2.75) is 0 Å². The lowest BCUT2D eigenvalue weighted by Crippen LogP contribution is -2.48. The van der Waals surface area contributed by atoms with Crippen LogP contribution in [0.15, 0.2) is 0 Å². The van der Waals surface area contributed by atoms with E-state index in [1.807, 2.05) is 22.9 Å². The maximum Gasteiger partial charge on any atom is 0.243 e. The summed E-state index contributed by atoms with van der Waals surface area (Å²) in [7, 11) is 1.51. The third kappa shape index (κ3) is 1.46. The van der Waals surface area contributed by atoms with Gasteiger partial charge >= 0.3 is 0 Å². The zero-order chi connectivity index (χ0) is 7.72. The predicted molar refractivity (Wildman–Crippen MR) is 43.4 cm³/mol. The van der Waals surface area contributed by atoms with E-state index >= 15 is 0 Å². The molecule has 0 aromatic carbocycles. The molecule has 10 heavy (non-hydrogen) atoms. The van der Waals surface area contributed by atoms with E-state index in [1.54, 1.807) is 3.11 Å². The van der Waals surface area contributed by atoms with Gasteiger partial charge in [-0.25, -0.2) is 3.11 Å². The summed E-state index contributed by atoms with van der Waals surface area (Å²) in [4.78, 5) is 22.9. The SMILES string of the molecule is CN1C(=O)CN(I)CC1=O. The van der Waals surface area contributed by atoms with Crippen LogP contribution in [0.25, 0.3) is 0 Å². The molecule has 1 rings (SSSR count). The number of hydrogen-bond donors (Lipinski definition) is 0. The molecule has 1 aliphatic rings. The third-order valence-electron chi connectivity index (χ3n) is 1.36. The fraction of sp³-hybridized carbons (Fsp3) is 0.600. The molecule has 56 valence electrons. The van der Waals surface area contributed by atoms with Gasteiger partial charge in [0.25, 0.3) is 0 Å². The van der Waals surface area contributed by atoms with Crippen LogP contribution in [0, 0.1) is 0 Å². The van der Waals surface area contributed by atoms with Crippen LogP contribution in [0.1, 0.15) is 0 Å². The monoisotopic (exact) mass is 254 g/mol. The molecule has 1 heterocycles. The standard InChI is InChI=1S/C5H7IN2O2/c1-7-4(9)2-8(6)3-5(7)10/h2-3H2,1H3. The van der Waals surface area contributed by atoms with Crippen LogP contribution in [-0.2, 0) is 9.59 Å². The Morgan fingerprint density at radius 3 is 2.10 bits per heavy atom. The first kappa shape index (κ1) is 7.93. The summed E-state index contributed by atoms with van der Waals surface area (Å²) in [5, 5.41) is 0. The minimum atomic E-state index is -0.134. The van der Waals surface area contributed by atoms with Crippen molar-refractivity contribution >= 4 is 34.7 Å². The largest absolute Gasteiger partial charge is 0.283 e. The topological polar surface area (TPSA) is 40.6 Å². The summed E-state index contributed by atoms with van der Waals surface area (Å²) in [6, 6.07) is 0. The van der Waals surface area contributed by atoms with Crippen LogP contribution in [0.4, 0.5) is 0 Å². The Kier molecular flexibility index (Phi) is 2.24. The van der Waals surface area contributed by atoms with Crippen molar-refractivity contribution in [2.24, 2.45) is 0 Å². The lowest BCUT2D eigenvalue weighted by molar-refractivity contribution is -0.146. The van der Waals surface area contributed by atoms with Crippen LogP contribution >= 0.6 is 22.9 Å². The summed E-state index contributed by atoms with van der Waals surface area (Å²) in [6.45, 7) is 0.672. The summed E-state index contributed by atoms with van der Waals surface area (Å²) in [6.07, 6.45) is 0. The highest BCUT2D eigenvalue weighted by molar-refractivity contribution is 14.1. The first-order chi connectivity index (χ1) is 4.61. The minimum absolute atomic E-state index is 0.134. The first-order valence-corrected chi connectivity index (χ1v) is 3.78. The molecule has 0 unspecified atom stereocenters. The molecule has 0 bridgehead atoms. The molecule has 0 atom stereocenters. The highest BCUT2D eigenvalue weighted by Gasteiger charge is 2.26. The van der Waals surface area contributed by atoms with Crippen molar-refractivity contribution in [1.29, 1.82) is 0 Å². The molecular weight excluding hydrogens is 247 g/mol. The highest BCUT2D eigenvalue weighted by atomic mass is 127. The molecule has 0 aromatic rings. The zero-order valence-electron chi connectivity index (χ0n) is 5.50. The van der Waals surface area contributed by atoms with Gasteiger partial charge < -0.3 is 0 Å². The minimum Gasteiger partial charge on any atom is -0.283 e. The summed E-state index contributed by atoms with van der Waals surface area (Å²) in [5.74, 6) is -0.267. The smallest absolute Gasteiger partial charge is 0.243 e.